The van der Waals surface area contributed by atoms with Gasteiger partial charge >= 0.3 is 12.4 Å². The largest absolute Gasteiger partial charge is 0.480 e. The Balaban J connectivity index is 1.67. The quantitative estimate of drug-likeness (QED) is 0.301. The van der Waals surface area contributed by atoms with E-state index >= 15 is 0 Å². The van der Waals surface area contributed by atoms with Crippen LogP contribution in [0.1, 0.15) is 28.3 Å². The third kappa shape index (κ3) is 4.54. The first-order chi connectivity index (χ1) is 16.3. The second-order valence-electron chi connectivity index (χ2n) is 7.60. The number of carbonyl (C=O) groups excluding carboxylic acids is 1. The molecule has 8 nitrogen and oxygen atoms in total. The van der Waals surface area contributed by atoms with Crippen molar-refractivity contribution in [2.24, 2.45) is 7.05 Å². The van der Waals surface area contributed by atoms with Crippen molar-refractivity contribution >= 4 is 37.7 Å². The van der Waals surface area contributed by atoms with Gasteiger partial charge < -0.3 is 14.2 Å². The molecule has 1 unspecified atom stereocenters. The van der Waals surface area contributed by atoms with Crippen molar-refractivity contribution in [2.45, 2.75) is 25.3 Å². The Kier molecular flexibility index (Phi) is 6.20. The van der Waals surface area contributed by atoms with E-state index in [-0.39, 0.29) is 18.8 Å². The van der Waals surface area contributed by atoms with Crippen LogP contribution < -0.4 is 10.2 Å². The van der Waals surface area contributed by atoms with Crippen molar-refractivity contribution in [1.29, 1.82) is 0 Å². The number of nitrogens with zero attached hydrogens (tertiary/aromatic N) is 6. The lowest BCUT2D eigenvalue weighted by Crippen LogP contribution is -2.37. The van der Waals surface area contributed by atoms with E-state index in [1.807, 2.05) is 0 Å². The summed E-state index contributed by atoms with van der Waals surface area (Å²) in [6.07, 6.45) is -6.64. The fourth-order valence-corrected chi connectivity index (χ4v) is 4.20. The first-order valence-electron chi connectivity index (χ1n) is 9.97. The summed E-state index contributed by atoms with van der Waals surface area (Å²) in [5, 5.41) is 0.535. The molecule has 3 aromatic heterocycles. The zero-order valence-corrected chi connectivity index (χ0v) is 19.4. The lowest BCUT2D eigenvalue weighted by atomic mass is 10.0. The summed E-state index contributed by atoms with van der Waals surface area (Å²) in [5.41, 5.74) is -0.813. The van der Waals surface area contributed by atoms with Gasteiger partial charge in [-0.05, 0) is 12.5 Å². The SMILES string of the molecule is COc1ncnc2c1c(/C=C/C(=O)N1CCc3c(nc(C(F)(F)F)nc3C(F)(F)F)C1)c(P)n2C. The third-order valence-corrected chi connectivity index (χ3v) is 6.20. The van der Waals surface area contributed by atoms with Crippen molar-refractivity contribution in [2.75, 3.05) is 13.7 Å². The smallest absolute Gasteiger partial charge is 0.451 e. The summed E-state index contributed by atoms with van der Waals surface area (Å²) in [5.74, 6) is -2.24. The Bertz CT molecular complexity index is 1350. The molecule has 0 aliphatic carbocycles. The number of alkyl halides is 6. The van der Waals surface area contributed by atoms with Crippen LogP contribution in [0.2, 0.25) is 0 Å². The number of carbonyl (C=O) groups is 1. The molecule has 0 saturated heterocycles. The van der Waals surface area contributed by atoms with Crippen molar-refractivity contribution in [3.63, 3.8) is 0 Å². The van der Waals surface area contributed by atoms with Gasteiger partial charge in [0.15, 0.2) is 5.69 Å². The minimum Gasteiger partial charge on any atom is -0.480 e. The summed E-state index contributed by atoms with van der Waals surface area (Å²) in [6.45, 7) is -0.674. The number of hydrogen-bond donors (Lipinski definition) is 0. The van der Waals surface area contributed by atoms with Crippen LogP contribution in [-0.4, -0.2) is 49.0 Å². The molecule has 1 amide bonds. The minimum atomic E-state index is -5.17. The highest BCUT2D eigenvalue weighted by molar-refractivity contribution is 7.27. The molecule has 0 saturated carbocycles. The van der Waals surface area contributed by atoms with Gasteiger partial charge in [0.05, 0.1) is 24.7 Å². The molecule has 35 heavy (non-hydrogen) atoms. The normalized spacial score (nSPS) is 14.6. The number of methoxy groups -OCH3 is 1. The van der Waals surface area contributed by atoms with Gasteiger partial charge in [-0.3, -0.25) is 4.79 Å². The first-order valence-corrected chi connectivity index (χ1v) is 10.5. The van der Waals surface area contributed by atoms with Crippen LogP contribution in [0.15, 0.2) is 12.4 Å². The highest BCUT2D eigenvalue weighted by Gasteiger charge is 2.43. The predicted octanol–water partition coefficient (Wildman–Crippen LogP) is 2.90. The topological polar surface area (TPSA) is 86.0 Å². The van der Waals surface area contributed by atoms with Crippen molar-refractivity contribution in [3.05, 3.63) is 40.7 Å². The molecule has 0 aromatic carbocycles. The molecule has 4 heterocycles. The van der Waals surface area contributed by atoms with Crippen molar-refractivity contribution in [1.82, 2.24) is 29.4 Å². The highest BCUT2D eigenvalue weighted by Crippen LogP contribution is 2.37. The van der Waals surface area contributed by atoms with E-state index in [1.165, 1.54) is 25.6 Å². The molecular weight excluding hydrogens is 501 g/mol. The van der Waals surface area contributed by atoms with E-state index in [9.17, 15) is 31.1 Å². The maximum atomic E-state index is 13.4. The number of fused-ring (bicyclic) bond motifs is 2. The Morgan fingerprint density at radius 1 is 1.14 bits per heavy atom. The summed E-state index contributed by atoms with van der Waals surface area (Å²) in [4.78, 5) is 28.2. The van der Waals surface area contributed by atoms with E-state index < -0.39 is 47.6 Å². The zero-order valence-electron chi connectivity index (χ0n) is 18.2. The van der Waals surface area contributed by atoms with Gasteiger partial charge in [0.1, 0.15) is 12.0 Å². The average molecular weight is 518 g/mol. The Hall–Kier alpha value is -3.28. The summed E-state index contributed by atoms with van der Waals surface area (Å²) in [7, 11) is 5.68. The fourth-order valence-electron chi connectivity index (χ4n) is 3.84. The first kappa shape index (κ1) is 24.8. The summed E-state index contributed by atoms with van der Waals surface area (Å²) >= 11 is 0. The molecule has 0 radical (unpaired) electrons. The van der Waals surface area contributed by atoms with Crippen molar-refractivity contribution in [3.8, 4) is 5.88 Å². The summed E-state index contributed by atoms with van der Waals surface area (Å²) < 4.78 is 86.4. The molecule has 186 valence electrons. The second kappa shape index (κ2) is 8.74. The molecular formula is C20H17F6N6O2P. The number of rotatable bonds is 3. The highest BCUT2D eigenvalue weighted by atomic mass is 31.0. The lowest BCUT2D eigenvalue weighted by Gasteiger charge is -2.29. The van der Waals surface area contributed by atoms with Gasteiger partial charge in [0.25, 0.3) is 0 Å². The molecule has 1 aliphatic heterocycles. The van der Waals surface area contributed by atoms with Crippen LogP contribution in [0.25, 0.3) is 17.1 Å². The maximum absolute atomic E-state index is 13.4. The minimum absolute atomic E-state index is 0.149. The summed E-state index contributed by atoms with van der Waals surface area (Å²) in [6, 6.07) is 0. The molecule has 3 aromatic rings. The second-order valence-corrected chi connectivity index (χ2v) is 8.15. The van der Waals surface area contributed by atoms with Gasteiger partial charge in [-0.25, -0.2) is 19.9 Å². The molecule has 1 atom stereocenters. The number of hydrogen-bond acceptors (Lipinski definition) is 6. The number of amides is 1. The molecule has 0 N–H and O–H groups in total. The van der Waals surface area contributed by atoms with Crippen LogP contribution in [0.5, 0.6) is 5.88 Å². The predicted molar refractivity (Wildman–Crippen MR) is 115 cm³/mol. The fraction of sp³-hybridized carbons (Fsp3) is 0.350. The van der Waals surface area contributed by atoms with Gasteiger partial charge in [0.2, 0.25) is 17.6 Å². The third-order valence-electron chi connectivity index (χ3n) is 5.50. The van der Waals surface area contributed by atoms with Crippen LogP contribution in [0.3, 0.4) is 0 Å². The lowest BCUT2D eigenvalue weighted by molar-refractivity contribution is -0.153. The number of ether oxygens (including phenoxy) is 1. The number of halogens is 6. The van der Waals surface area contributed by atoms with Gasteiger partial charge in [-0.2, -0.15) is 26.3 Å². The Morgan fingerprint density at radius 2 is 1.86 bits per heavy atom. The molecule has 0 bridgehead atoms. The van der Waals surface area contributed by atoms with Crippen LogP contribution in [0.4, 0.5) is 26.3 Å². The zero-order chi connectivity index (χ0) is 25.7. The van der Waals surface area contributed by atoms with Gasteiger partial charge in [-0.1, -0.05) is 9.24 Å². The molecule has 1 aliphatic rings. The van der Waals surface area contributed by atoms with E-state index in [2.05, 4.69) is 29.2 Å². The standard InChI is InChI=1S/C20H17F6N6O2P/c1-31-15-13(16(34-2)28-8-27-15)10(17(31)35)3-4-12(33)32-6-5-9-11(7-32)29-18(20(24,25)26)30-14(9)19(21,22)23/h3-4,8H,5-7,35H2,1-2H3/b4-3+. The maximum Gasteiger partial charge on any atom is 0.451 e. The van der Waals surface area contributed by atoms with Gasteiger partial charge in [-0.15, -0.1) is 0 Å². The molecule has 0 fully saturated rings. The van der Waals surface area contributed by atoms with Crippen LogP contribution in [0, 0.1) is 0 Å². The Morgan fingerprint density at radius 3 is 2.49 bits per heavy atom. The molecule has 4 rings (SSSR count). The number of aryl methyl sites for hydroxylation is 1. The van der Waals surface area contributed by atoms with Gasteiger partial charge in [0, 0.05) is 36.2 Å². The average Bonchev–Trinajstić information content (AvgIpc) is 3.04. The van der Waals surface area contributed by atoms with Crippen LogP contribution in [-0.2, 0) is 37.2 Å². The van der Waals surface area contributed by atoms with Crippen LogP contribution >= 0.6 is 9.24 Å². The number of aromatic nitrogens is 5. The Labute approximate surface area is 196 Å². The molecule has 15 heteroatoms. The monoisotopic (exact) mass is 518 g/mol. The molecule has 0 spiro atoms. The van der Waals surface area contributed by atoms with E-state index in [0.29, 0.717) is 22.0 Å². The van der Waals surface area contributed by atoms with E-state index in [1.54, 1.807) is 11.6 Å². The van der Waals surface area contributed by atoms with E-state index in [4.69, 9.17) is 4.74 Å². The van der Waals surface area contributed by atoms with Crippen molar-refractivity contribution < 1.29 is 35.9 Å². The van der Waals surface area contributed by atoms with E-state index in [0.717, 1.165) is 4.90 Å².